The monoisotopic (exact) mass is 795 g/mol. The number of ether oxygens (including phenoxy) is 2. The molecule has 2 aromatic carbocycles. The molecule has 0 radical (unpaired) electrons. The van der Waals surface area contributed by atoms with Gasteiger partial charge in [-0.3, -0.25) is 9.69 Å². The number of fused-ring (bicyclic) bond motifs is 1. The molecule has 3 amide bonds. The molecule has 308 valence electrons. The lowest BCUT2D eigenvalue weighted by molar-refractivity contribution is -0.135. The molecule has 5 heterocycles. The fourth-order valence-corrected chi connectivity index (χ4v) is 8.26. The van der Waals surface area contributed by atoms with Crippen LogP contribution < -0.4 is 10.6 Å². The van der Waals surface area contributed by atoms with Crippen molar-refractivity contribution >= 4 is 29.2 Å². The van der Waals surface area contributed by atoms with Crippen molar-refractivity contribution in [3.63, 3.8) is 0 Å². The molecule has 0 bridgehead atoms. The van der Waals surface area contributed by atoms with Gasteiger partial charge in [0.05, 0.1) is 56.1 Å². The number of aliphatic hydroxyl groups is 1. The number of likely N-dealkylation sites (tertiary alicyclic amines) is 2. The lowest BCUT2D eigenvalue weighted by atomic mass is 9.99. The quantitative estimate of drug-likeness (QED) is 0.0927. The van der Waals surface area contributed by atoms with Crippen molar-refractivity contribution in [2.24, 2.45) is 11.8 Å². The van der Waals surface area contributed by atoms with Crippen LogP contribution >= 0.6 is 0 Å². The highest BCUT2D eigenvalue weighted by atomic mass is 16.5. The van der Waals surface area contributed by atoms with E-state index in [4.69, 9.17) is 28.8 Å². The van der Waals surface area contributed by atoms with Crippen molar-refractivity contribution in [2.75, 3.05) is 27.3 Å². The summed E-state index contributed by atoms with van der Waals surface area (Å²) in [6.45, 7) is 10.8. The second-order valence-corrected chi connectivity index (χ2v) is 15.8. The minimum atomic E-state index is -0.910. The first kappa shape index (κ1) is 40.5. The van der Waals surface area contributed by atoms with E-state index in [1.165, 1.54) is 14.2 Å². The van der Waals surface area contributed by atoms with Crippen LogP contribution in [0.25, 0.3) is 44.7 Å². The fraction of sp³-hybridized carbons (Fsp3) is 0.476. The number of amides is 3. The molecule has 3 aromatic heterocycles. The third kappa shape index (κ3) is 8.03. The Morgan fingerprint density at radius 3 is 2.10 bits per heavy atom. The van der Waals surface area contributed by atoms with E-state index >= 15 is 0 Å². The van der Waals surface area contributed by atoms with Gasteiger partial charge in [-0.1, -0.05) is 58.0 Å². The molecule has 16 nitrogen and oxygen atoms in total. The minimum Gasteiger partial charge on any atom is -0.453 e. The molecule has 5 atom stereocenters. The molecule has 0 aliphatic carbocycles. The van der Waals surface area contributed by atoms with Gasteiger partial charge in [0, 0.05) is 31.1 Å². The zero-order valence-corrected chi connectivity index (χ0v) is 34.0. The van der Waals surface area contributed by atoms with Crippen molar-refractivity contribution in [3.8, 4) is 33.6 Å². The van der Waals surface area contributed by atoms with Crippen LogP contribution in [0.5, 0.6) is 0 Å². The number of imidazole rings is 2. The predicted octanol–water partition coefficient (Wildman–Crippen LogP) is 6.46. The summed E-state index contributed by atoms with van der Waals surface area (Å²) < 4.78 is 15.8. The van der Waals surface area contributed by atoms with Gasteiger partial charge in [-0.15, -0.1) is 0 Å². The average molecular weight is 796 g/mol. The number of methoxy groups -OCH3 is 2. The van der Waals surface area contributed by atoms with Gasteiger partial charge >= 0.3 is 12.2 Å². The summed E-state index contributed by atoms with van der Waals surface area (Å²) in [6, 6.07) is 10.6. The smallest absolute Gasteiger partial charge is 0.407 e. The molecule has 0 saturated carbocycles. The van der Waals surface area contributed by atoms with E-state index in [2.05, 4.69) is 20.6 Å². The lowest BCUT2D eigenvalue weighted by Crippen LogP contribution is -2.54. The first-order valence-corrected chi connectivity index (χ1v) is 19.9. The van der Waals surface area contributed by atoms with Gasteiger partial charge in [0.2, 0.25) is 5.91 Å². The van der Waals surface area contributed by atoms with Gasteiger partial charge in [-0.2, -0.15) is 0 Å². The highest BCUT2D eigenvalue weighted by molar-refractivity contribution is 5.99. The number of benzene rings is 2. The van der Waals surface area contributed by atoms with E-state index in [1.54, 1.807) is 11.1 Å². The summed E-state index contributed by atoms with van der Waals surface area (Å²) in [6.07, 6.45) is 4.72. The molecule has 58 heavy (non-hydrogen) atoms. The number of aromatic amines is 2. The third-order valence-corrected chi connectivity index (χ3v) is 11.3. The maximum absolute atomic E-state index is 13.7. The van der Waals surface area contributed by atoms with Crippen LogP contribution in [0.1, 0.15) is 83.0 Å². The molecule has 2 fully saturated rings. The van der Waals surface area contributed by atoms with Crippen molar-refractivity contribution in [2.45, 2.75) is 90.7 Å². The van der Waals surface area contributed by atoms with Gasteiger partial charge in [-0.25, -0.2) is 24.5 Å². The number of rotatable bonds is 12. The predicted molar refractivity (Wildman–Crippen MR) is 216 cm³/mol. The first-order chi connectivity index (χ1) is 27.9. The van der Waals surface area contributed by atoms with Gasteiger partial charge in [-0.05, 0) is 54.7 Å². The lowest BCUT2D eigenvalue weighted by Gasteiger charge is -2.35. The van der Waals surface area contributed by atoms with Crippen LogP contribution in [0.3, 0.4) is 0 Å². The Balaban J connectivity index is 1.09. The number of aliphatic hydroxyl groups excluding tert-OH is 1. The van der Waals surface area contributed by atoms with Crippen LogP contribution in [0.15, 0.2) is 53.2 Å². The average Bonchev–Trinajstić information content (AvgIpc) is 4.06. The van der Waals surface area contributed by atoms with Gasteiger partial charge in [0.1, 0.15) is 29.4 Å². The third-order valence-electron chi connectivity index (χ3n) is 11.3. The van der Waals surface area contributed by atoms with Crippen molar-refractivity contribution in [3.05, 3.63) is 66.3 Å². The van der Waals surface area contributed by atoms with Gasteiger partial charge in [0.15, 0.2) is 11.5 Å². The number of H-pyrrole nitrogens is 2. The number of aryl methyl sites for hydroxylation is 1. The molecule has 16 heteroatoms. The number of hydrogen-bond donors (Lipinski definition) is 5. The molecular formula is C42H53N9O7. The Bertz CT molecular complexity index is 2240. The van der Waals surface area contributed by atoms with Gasteiger partial charge in [0.25, 0.3) is 0 Å². The summed E-state index contributed by atoms with van der Waals surface area (Å²) in [4.78, 5) is 62.7. The summed E-state index contributed by atoms with van der Waals surface area (Å²) in [5, 5.41) is 16.9. The zero-order chi connectivity index (χ0) is 41.2. The topological polar surface area (TPSA) is 204 Å². The molecule has 5 unspecified atom stereocenters. The largest absolute Gasteiger partial charge is 0.453 e. The van der Waals surface area contributed by atoms with Crippen molar-refractivity contribution < 1.29 is 33.4 Å². The van der Waals surface area contributed by atoms with Crippen LogP contribution in [0.2, 0.25) is 0 Å². The van der Waals surface area contributed by atoms with E-state index in [1.807, 2.05) is 82.1 Å². The Morgan fingerprint density at radius 2 is 1.41 bits per heavy atom. The highest BCUT2D eigenvalue weighted by Crippen LogP contribution is 2.39. The molecule has 7 rings (SSSR count). The Morgan fingerprint density at radius 1 is 0.810 bits per heavy atom. The number of carbonyl (C=O) groups excluding carboxylic acids is 3. The van der Waals surface area contributed by atoms with Crippen LogP contribution in [0.4, 0.5) is 9.59 Å². The number of hydrogen-bond acceptors (Lipinski definition) is 11. The minimum absolute atomic E-state index is 0.0209. The zero-order valence-electron chi connectivity index (χ0n) is 34.0. The van der Waals surface area contributed by atoms with E-state index < -0.39 is 30.5 Å². The van der Waals surface area contributed by atoms with E-state index in [-0.39, 0.29) is 29.8 Å². The van der Waals surface area contributed by atoms with Crippen molar-refractivity contribution in [1.82, 2.24) is 45.4 Å². The Hall–Kier alpha value is -5.74. The molecule has 5 aromatic rings. The van der Waals surface area contributed by atoms with E-state index in [0.717, 1.165) is 70.7 Å². The number of nitrogens with one attached hydrogen (secondary N) is 4. The Kier molecular flexibility index (Phi) is 11.9. The summed E-state index contributed by atoms with van der Waals surface area (Å²) >= 11 is 0. The second-order valence-electron chi connectivity index (χ2n) is 15.8. The SMILES string of the molecule is COC(=O)NC(C(=O)N1CCCC1c1ncc(-c2ccc(-c3ccc(-c4cnc(C5CCCN5C(O)C(NC(=O)OC)C(C)C)[nH]4)cc3)c3nc(C)oc23)[nH]1)C(C)C. The van der Waals surface area contributed by atoms with Crippen LogP contribution in [-0.2, 0) is 14.3 Å². The number of nitrogens with zero attached hydrogens (tertiary/aromatic N) is 5. The first-order valence-electron chi connectivity index (χ1n) is 19.9. The maximum atomic E-state index is 13.7. The Labute approximate surface area is 337 Å². The fourth-order valence-electron chi connectivity index (χ4n) is 8.26. The summed E-state index contributed by atoms with van der Waals surface area (Å²) in [7, 11) is 2.60. The van der Waals surface area contributed by atoms with E-state index in [0.29, 0.717) is 30.4 Å². The van der Waals surface area contributed by atoms with Gasteiger partial charge < -0.3 is 44.5 Å². The standard InChI is InChI=1S/C42H53N9O7/c1-22(2)33(48-41(54)56-6)39(52)50-18-8-10-31(50)37-43-20-29(46-37)26-14-12-25(13-15-26)27-16-17-28(36-35(27)45-24(5)58-36)30-21-44-38(47-30)32-11-9-19-51(32)40(53)34(23(3)4)49-42(55)57-7/h12-17,20-23,31-34,39,52H,8-11,18-19H2,1-7H3,(H,43,46)(H,44,47)(H,48,54)(H,49,55). The number of oxazole rings is 1. The second kappa shape index (κ2) is 17.0. The summed E-state index contributed by atoms with van der Waals surface area (Å²) in [5.41, 5.74) is 6.56. The molecule has 2 aliphatic heterocycles. The molecule has 0 spiro atoms. The normalized spacial score (nSPS) is 18.8. The molecule has 2 saturated heterocycles. The number of carbonyl (C=O) groups is 3. The van der Waals surface area contributed by atoms with Crippen LogP contribution in [-0.4, -0.2) is 104 Å². The van der Waals surface area contributed by atoms with Crippen molar-refractivity contribution in [1.29, 1.82) is 0 Å². The molecule has 2 aliphatic rings. The number of aromatic nitrogens is 5. The molecule has 5 N–H and O–H groups in total. The van der Waals surface area contributed by atoms with Crippen LogP contribution in [0, 0.1) is 18.8 Å². The maximum Gasteiger partial charge on any atom is 0.407 e. The summed E-state index contributed by atoms with van der Waals surface area (Å²) in [5.74, 6) is 1.64. The molecular weight excluding hydrogens is 743 g/mol. The number of alkyl carbamates (subject to hydrolysis) is 2. The highest BCUT2D eigenvalue weighted by Gasteiger charge is 2.39. The van der Waals surface area contributed by atoms with E-state index in [9.17, 15) is 19.5 Å².